The lowest BCUT2D eigenvalue weighted by molar-refractivity contribution is -0.384. The van der Waals surface area contributed by atoms with E-state index >= 15 is 0 Å². The predicted molar refractivity (Wildman–Crippen MR) is 126 cm³/mol. The van der Waals surface area contributed by atoms with Gasteiger partial charge in [0.25, 0.3) is 5.69 Å². The van der Waals surface area contributed by atoms with Gasteiger partial charge in [0.1, 0.15) is 6.04 Å². The molecule has 35 heavy (non-hydrogen) atoms. The zero-order valence-corrected chi connectivity index (χ0v) is 18.5. The van der Waals surface area contributed by atoms with Gasteiger partial charge in [-0.15, -0.1) is 0 Å². The minimum atomic E-state index is -0.973. The fraction of sp³-hybridized carbons (Fsp3) is 0.192. The van der Waals surface area contributed by atoms with E-state index in [0.717, 1.165) is 16.2 Å². The molecule has 0 aliphatic carbocycles. The minimum Gasteiger partial charge on any atom is -0.461 e. The first-order valence-electron chi connectivity index (χ1n) is 11.1. The number of nitrogens with zero attached hydrogens (tertiary/aromatic N) is 3. The number of carbonyl (C=O) groups is 3. The molecule has 3 aromatic rings. The lowest BCUT2D eigenvalue weighted by atomic mass is 9.87. The number of aryl methyl sites for hydroxylation is 1. The monoisotopic (exact) mass is 469 g/mol. The Labute approximate surface area is 199 Å². The van der Waals surface area contributed by atoms with E-state index < -0.39 is 46.4 Å². The molecule has 0 spiro atoms. The number of fused-ring (bicyclic) bond motifs is 5. The summed E-state index contributed by atoms with van der Waals surface area (Å²) in [5, 5.41) is 11.4. The second-order valence-corrected chi connectivity index (χ2v) is 8.89. The third-order valence-electron chi connectivity index (χ3n) is 7.09. The van der Waals surface area contributed by atoms with Crippen molar-refractivity contribution < 1.29 is 23.7 Å². The number of nitro groups is 1. The maximum Gasteiger partial charge on any atom is 0.271 e. The Morgan fingerprint density at radius 2 is 1.77 bits per heavy atom. The standard InChI is InChI=1S/C26H19N3O6/c1-14-8-10-16(29(33)34)13-19(14)28-25(31)21-18-11-9-15-5-2-3-6-17(15)27(18)23(22(21)26(28)32)24(30)20-7-4-12-35-20/h2-13,18,21-23H,1H3/t18-,21+,22+,23-/m0/s1. The molecule has 9 heteroatoms. The first-order chi connectivity index (χ1) is 16.9. The Hall–Kier alpha value is -4.53. The number of non-ortho nitro benzene ring substituents is 1. The van der Waals surface area contributed by atoms with E-state index in [1.54, 1.807) is 19.1 Å². The molecule has 4 atom stereocenters. The van der Waals surface area contributed by atoms with Crippen LogP contribution in [-0.2, 0) is 9.59 Å². The van der Waals surface area contributed by atoms with Crippen LogP contribution in [0.25, 0.3) is 6.08 Å². The van der Waals surface area contributed by atoms with Gasteiger partial charge in [0.15, 0.2) is 5.76 Å². The van der Waals surface area contributed by atoms with E-state index in [0.29, 0.717) is 5.56 Å². The summed E-state index contributed by atoms with van der Waals surface area (Å²) in [6, 6.07) is 13.2. The molecule has 2 aromatic carbocycles. The first-order valence-corrected chi connectivity index (χ1v) is 11.1. The van der Waals surface area contributed by atoms with Gasteiger partial charge in [-0.2, -0.15) is 0 Å². The summed E-state index contributed by atoms with van der Waals surface area (Å²) >= 11 is 0. The molecule has 0 radical (unpaired) electrons. The van der Waals surface area contributed by atoms with Crippen LogP contribution in [0.15, 0.2) is 71.4 Å². The number of anilines is 2. The third kappa shape index (κ3) is 2.91. The number of nitro benzene ring substituents is 1. The van der Waals surface area contributed by atoms with Crippen LogP contribution in [-0.4, -0.2) is 34.6 Å². The molecule has 6 rings (SSSR count). The van der Waals surface area contributed by atoms with Crippen LogP contribution < -0.4 is 9.80 Å². The van der Waals surface area contributed by atoms with Gasteiger partial charge in [-0.25, -0.2) is 4.90 Å². The second-order valence-electron chi connectivity index (χ2n) is 8.89. The van der Waals surface area contributed by atoms with E-state index in [2.05, 4.69) is 0 Å². The van der Waals surface area contributed by atoms with Crippen molar-refractivity contribution in [3.8, 4) is 0 Å². The van der Waals surface area contributed by atoms with Gasteiger partial charge in [0.2, 0.25) is 17.6 Å². The summed E-state index contributed by atoms with van der Waals surface area (Å²) < 4.78 is 5.38. The molecule has 3 aliphatic heterocycles. The third-order valence-corrected chi connectivity index (χ3v) is 7.09. The van der Waals surface area contributed by atoms with Crippen molar-refractivity contribution in [3.63, 3.8) is 0 Å². The van der Waals surface area contributed by atoms with Gasteiger partial charge < -0.3 is 9.32 Å². The summed E-state index contributed by atoms with van der Waals surface area (Å²) in [5.41, 5.74) is 2.14. The van der Waals surface area contributed by atoms with Gasteiger partial charge in [-0.05, 0) is 36.2 Å². The van der Waals surface area contributed by atoms with Crippen molar-refractivity contribution in [2.24, 2.45) is 11.8 Å². The van der Waals surface area contributed by atoms with E-state index in [4.69, 9.17) is 4.42 Å². The zero-order chi connectivity index (χ0) is 24.4. The van der Waals surface area contributed by atoms with Crippen LogP contribution in [0.5, 0.6) is 0 Å². The molecule has 2 fully saturated rings. The molecule has 2 amide bonds. The van der Waals surface area contributed by atoms with Gasteiger partial charge in [-0.1, -0.05) is 36.4 Å². The molecule has 1 aromatic heterocycles. The largest absolute Gasteiger partial charge is 0.461 e. The topological polar surface area (TPSA) is 114 Å². The summed E-state index contributed by atoms with van der Waals surface area (Å²) in [6.07, 6.45) is 5.14. The molecule has 4 heterocycles. The van der Waals surface area contributed by atoms with E-state index in [-0.39, 0.29) is 17.1 Å². The zero-order valence-electron chi connectivity index (χ0n) is 18.5. The summed E-state index contributed by atoms with van der Waals surface area (Å²) in [5.74, 6) is -3.11. The number of Topliss-reactive ketones (excluding diaryl/α,β-unsaturated/α-hetero) is 1. The molecule has 2 saturated heterocycles. The fourth-order valence-electron chi connectivity index (χ4n) is 5.57. The summed E-state index contributed by atoms with van der Waals surface area (Å²) in [6.45, 7) is 1.68. The average molecular weight is 469 g/mol. The highest BCUT2D eigenvalue weighted by molar-refractivity contribution is 6.25. The number of amides is 2. The van der Waals surface area contributed by atoms with Gasteiger partial charge in [0, 0.05) is 17.8 Å². The van der Waals surface area contributed by atoms with Gasteiger partial charge in [0.05, 0.1) is 34.8 Å². The number of benzene rings is 2. The maximum atomic E-state index is 13.9. The van der Waals surface area contributed by atoms with Gasteiger partial charge >= 0.3 is 0 Å². The molecule has 174 valence electrons. The van der Waals surface area contributed by atoms with Gasteiger partial charge in [-0.3, -0.25) is 24.5 Å². The molecular weight excluding hydrogens is 450 g/mol. The molecular formula is C26H19N3O6. The second kappa shape index (κ2) is 7.49. The number of hydrogen-bond donors (Lipinski definition) is 0. The molecule has 0 N–H and O–H groups in total. The van der Waals surface area contributed by atoms with Crippen LogP contribution in [0.3, 0.4) is 0 Å². The van der Waals surface area contributed by atoms with Crippen LogP contribution in [0.1, 0.15) is 21.7 Å². The summed E-state index contributed by atoms with van der Waals surface area (Å²) in [4.78, 5) is 55.0. The Bertz CT molecular complexity index is 1440. The number of para-hydroxylation sites is 1. The fourth-order valence-corrected chi connectivity index (χ4v) is 5.57. The quantitative estimate of drug-likeness (QED) is 0.247. The molecule has 3 aliphatic rings. The van der Waals surface area contributed by atoms with Crippen molar-refractivity contribution in [3.05, 3.63) is 93.9 Å². The van der Waals surface area contributed by atoms with E-state index in [1.165, 1.54) is 24.5 Å². The molecule has 0 bridgehead atoms. The number of furan rings is 1. The number of hydrogen-bond acceptors (Lipinski definition) is 7. The normalized spacial score (nSPS) is 24.4. The molecule has 9 nitrogen and oxygen atoms in total. The van der Waals surface area contributed by atoms with Crippen molar-refractivity contribution in [2.75, 3.05) is 9.80 Å². The van der Waals surface area contributed by atoms with Crippen LogP contribution in [0, 0.1) is 28.9 Å². The Balaban J connectivity index is 1.50. The molecule has 0 saturated carbocycles. The Kier molecular flexibility index (Phi) is 4.50. The highest BCUT2D eigenvalue weighted by Crippen LogP contribution is 2.50. The first kappa shape index (κ1) is 21.0. The van der Waals surface area contributed by atoms with Crippen LogP contribution in [0.2, 0.25) is 0 Å². The number of ketones is 1. The SMILES string of the molecule is Cc1ccc([N+](=O)[O-])cc1N1C(=O)[C@@H]2[C@H](C1=O)[C@@H]1C=Cc3ccccc3N1[C@@H]2C(=O)c1ccco1. The Morgan fingerprint density at radius 3 is 2.51 bits per heavy atom. The van der Waals surface area contributed by atoms with Crippen molar-refractivity contribution >= 4 is 40.7 Å². The van der Waals surface area contributed by atoms with Crippen molar-refractivity contribution in [1.29, 1.82) is 0 Å². The predicted octanol–water partition coefficient (Wildman–Crippen LogP) is 3.77. The van der Waals surface area contributed by atoms with E-state index in [1.807, 2.05) is 41.3 Å². The Morgan fingerprint density at radius 1 is 1.00 bits per heavy atom. The van der Waals surface area contributed by atoms with E-state index in [9.17, 15) is 24.5 Å². The summed E-state index contributed by atoms with van der Waals surface area (Å²) in [7, 11) is 0. The number of rotatable bonds is 4. The number of carbonyl (C=O) groups excluding carboxylic acids is 3. The smallest absolute Gasteiger partial charge is 0.271 e. The van der Waals surface area contributed by atoms with Crippen molar-refractivity contribution in [1.82, 2.24) is 0 Å². The molecule has 0 unspecified atom stereocenters. The highest BCUT2D eigenvalue weighted by atomic mass is 16.6. The maximum absolute atomic E-state index is 13.9. The average Bonchev–Trinajstić information content (AvgIpc) is 3.56. The minimum absolute atomic E-state index is 0.103. The highest BCUT2D eigenvalue weighted by Gasteiger charge is 2.64. The number of imide groups is 1. The van der Waals surface area contributed by atoms with Crippen LogP contribution >= 0.6 is 0 Å². The lowest BCUT2D eigenvalue weighted by Crippen LogP contribution is -2.48. The van der Waals surface area contributed by atoms with Crippen molar-refractivity contribution in [2.45, 2.75) is 19.0 Å². The van der Waals surface area contributed by atoms with Crippen LogP contribution in [0.4, 0.5) is 17.1 Å². The lowest BCUT2D eigenvalue weighted by Gasteiger charge is -2.36.